The van der Waals surface area contributed by atoms with Gasteiger partial charge in [-0.15, -0.1) is 0 Å². The fourth-order valence-electron chi connectivity index (χ4n) is 9.45. The van der Waals surface area contributed by atoms with E-state index in [1.165, 1.54) is 97.7 Å². The highest BCUT2D eigenvalue weighted by atomic mass is 15.1. The molecule has 0 atom stereocenters. The zero-order chi connectivity index (χ0) is 37.5. The summed E-state index contributed by atoms with van der Waals surface area (Å²) in [5.74, 6) is 0. The van der Waals surface area contributed by atoms with E-state index in [1.807, 2.05) is 0 Å². The van der Waals surface area contributed by atoms with Crippen molar-refractivity contribution in [3.63, 3.8) is 0 Å². The summed E-state index contributed by atoms with van der Waals surface area (Å²) < 4.78 is 0. The van der Waals surface area contributed by atoms with E-state index in [0.29, 0.717) is 0 Å². The first-order valence-corrected chi connectivity index (χ1v) is 19.7. The standard InChI is InChI=1S/C56H35N/c1-2-9-36(10-3-1)38-19-21-39(22-20-38)40-27-30-46(31-28-40)57(47-32-29-37-11-4-5-12-44(37)33-47)48-34-45-26-25-43-14-7-17-50-49-16-6-13-41-23-24-42-15-8-18-51(55(42)53(41)49)52(35-48)56(45)54(43)50/h1-35H. The molecule has 12 aromatic carbocycles. The van der Waals surface area contributed by atoms with Gasteiger partial charge in [-0.25, -0.2) is 0 Å². The van der Waals surface area contributed by atoms with Crippen LogP contribution in [-0.2, 0) is 0 Å². The average molecular weight is 722 g/mol. The molecule has 0 aliphatic carbocycles. The molecular weight excluding hydrogens is 687 g/mol. The van der Waals surface area contributed by atoms with Crippen LogP contribution in [0.15, 0.2) is 212 Å². The minimum absolute atomic E-state index is 1.11. The van der Waals surface area contributed by atoms with Gasteiger partial charge in [-0.3, -0.25) is 0 Å². The molecule has 57 heavy (non-hydrogen) atoms. The van der Waals surface area contributed by atoms with Gasteiger partial charge in [-0.2, -0.15) is 0 Å². The lowest BCUT2D eigenvalue weighted by Crippen LogP contribution is -2.10. The lowest BCUT2D eigenvalue weighted by molar-refractivity contribution is 1.30. The molecular formula is C56H35N. The highest BCUT2D eigenvalue weighted by Gasteiger charge is 2.20. The Bertz CT molecular complexity index is 3480. The Balaban J connectivity index is 1.12. The van der Waals surface area contributed by atoms with Gasteiger partial charge in [0.2, 0.25) is 0 Å². The molecule has 0 saturated heterocycles. The minimum Gasteiger partial charge on any atom is -0.310 e. The zero-order valence-electron chi connectivity index (χ0n) is 31.2. The van der Waals surface area contributed by atoms with Crippen molar-refractivity contribution in [2.75, 3.05) is 4.90 Å². The van der Waals surface area contributed by atoms with Gasteiger partial charge in [-0.05, 0) is 134 Å². The van der Waals surface area contributed by atoms with Crippen molar-refractivity contribution in [2.45, 2.75) is 0 Å². The van der Waals surface area contributed by atoms with Crippen LogP contribution in [0.1, 0.15) is 0 Å². The summed E-state index contributed by atoms with van der Waals surface area (Å²) in [5.41, 5.74) is 8.20. The number of rotatable bonds is 5. The smallest absolute Gasteiger partial charge is 0.0474 e. The maximum atomic E-state index is 2.45. The summed E-state index contributed by atoms with van der Waals surface area (Å²) in [5, 5.41) is 17.8. The molecule has 0 unspecified atom stereocenters. The number of hydrogen-bond acceptors (Lipinski definition) is 1. The molecule has 12 rings (SSSR count). The highest BCUT2D eigenvalue weighted by molar-refractivity contribution is 6.37. The molecule has 264 valence electrons. The predicted octanol–water partition coefficient (Wildman–Crippen LogP) is 16.0. The highest BCUT2D eigenvalue weighted by Crippen LogP contribution is 2.46. The second-order valence-electron chi connectivity index (χ2n) is 15.3. The SMILES string of the molecule is c1ccc(-c2ccc(-c3ccc(N(c4ccc5ccccc5c4)c4cc5ccc6cccc7c8cccc9ccc%10cccc(c(c4)c5c67)c%10c98)cc3)cc2)cc1. The zero-order valence-corrected chi connectivity index (χ0v) is 31.2. The predicted molar refractivity (Wildman–Crippen MR) is 246 cm³/mol. The average Bonchev–Trinajstić information content (AvgIpc) is 3.28. The van der Waals surface area contributed by atoms with E-state index >= 15 is 0 Å². The third-order valence-electron chi connectivity index (χ3n) is 12.1. The quantitative estimate of drug-likeness (QED) is 0.160. The van der Waals surface area contributed by atoms with Crippen molar-refractivity contribution in [1.29, 1.82) is 0 Å². The molecule has 0 aliphatic heterocycles. The maximum absolute atomic E-state index is 2.45. The fourth-order valence-corrected chi connectivity index (χ4v) is 9.45. The molecule has 1 nitrogen and oxygen atoms in total. The van der Waals surface area contributed by atoms with Gasteiger partial charge in [0.25, 0.3) is 0 Å². The number of benzene rings is 11. The second-order valence-corrected chi connectivity index (χ2v) is 15.3. The van der Waals surface area contributed by atoms with Crippen molar-refractivity contribution in [2.24, 2.45) is 0 Å². The maximum Gasteiger partial charge on any atom is 0.0474 e. The Morgan fingerprint density at radius 3 is 1.21 bits per heavy atom. The van der Waals surface area contributed by atoms with Crippen molar-refractivity contribution in [3.05, 3.63) is 212 Å². The van der Waals surface area contributed by atoms with Crippen LogP contribution in [-0.4, -0.2) is 0 Å². The summed E-state index contributed by atoms with van der Waals surface area (Å²) in [7, 11) is 0. The van der Waals surface area contributed by atoms with E-state index in [9.17, 15) is 0 Å². The normalized spacial score (nSPS) is 11.9. The molecule has 12 aromatic rings. The van der Waals surface area contributed by atoms with Crippen molar-refractivity contribution >= 4 is 92.5 Å². The summed E-state index contributed by atoms with van der Waals surface area (Å²) in [6.45, 7) is 0. The summed E-state index contributed by atoms with van der Waals surface area (Å²) in [4.78, 5) is 2.44. The number of hydrogen-bond donors (Lipinski definition) is 0. The molecule has 0 heterocycles. The largest absolute Gasteiger partial charge is 0.310 e. The van der Waals surface area contributed by atoms with E-state index in [4.69, 9.17) is 0 Å². The molecule has 0 N–H and O–H groups in total. The van der Waals surface area contributed by atoms with Gasteiger partial charge in [0.1, 0.15) is 0 Å². The number of fused-ring (bicyclic) bond motifs is 3. The molecule has 0 radical (unpaired) electrons. The van der Waals surface area contributed by atoms with Crippen LogP contribution >= 0.6 is 0 Å². The molecule has 0 aromatic heterocycles. The third-order valence-corrected chi connectivity index (χ3v) is 12.1. The Labute approximate surface area is 330 Å². The topological polar surface area (TPSA) is 3.24 Å². The molecule has 0 bridgehead atoms. The van der Waals surface area contributed by atoms with Gasteiger partial charge in [0.05, 0.1) is 0 Å². The lowest BCUT2D eigenvalue weighted by atomic mass is 9.87. The van der Waals surface area contributed by atoms with E-state index in [1.54, 1.807) is 0 Å². The minimum atomic E-state index is 1.11. The van der Waals surface area contributed by atoms with Crippen LogP contribution in [0.5, 0.6) is 0 Å². The molecule has 0 fully saturated rings. The second kappa shape index (κ2) is 12.5. The monoisotopic (exact) mass is 721 g/mol. The Morgan fingerprint density at radius 2 is 0.614 bits per heavy atom. The van der Waals surface area contributed by atoms with Crippen molar-refractivity contribution < 1.29 is 0 Å². The lowest BCUT2D eigenvalue weighted by Gasteiger charge is -2.27. The van der Waals surface area contributed by atoms with Gasteiger partial charge >= 0.3 is 0 Å². The first-order chi connectivity index (χ1) is 28.2. The fraction of sp³-hybridized carbons (Fsp3) is 0. The first kappa shape index (κ1) is 31.8. The van der Waals surface area contributed by atoms with Crippen molar-refractivity contribution in [3.8, 4) is 22.3 Å². The number of nitrogens with zero attached hydrogens (tertiary/aromatic N) is 1. The van der Waals surface area contributed by atoms with Crippen LogP contribution in [0.4, 0.5) is 17.1 Å². The van der Waals surface area contributed by atoms with E-state index in [2.05, 4.69) is 217 Å². The summed E-state index contributed by atoms with van der Waals surface area (Å²) in [6, 6.07) is 78.5. The first-order valence-electron chi connectivity index (χ1n) is 19.7. The van der Waals surface area contributed by atoms with Crippen LogP contribution in [0.3, 0.4) is 0 Å². The summed E-state index contributed by atoms with van der Waals surface area (Å²) >= 11 is 0. The Hall–Kier alpha value is -7.48. The van der Waals surface area contributed by atoms with Gasteiger partial charge in [0, 0.05) is 17.1 Å². The molecule has 0 spiro atoms. The molecule has 0 amide bonds. The Morgan fingerprint density at radius 1 is 0.211 bits per heavy atom. The van der Waals surface area contributed by atoms with Gasteiger partial charge in [-0.1, -0.05) is 176 Å². The number of anilines is 3. The van der Waals surface area contributed by atoms with Crippen LogP contribution in [0, 0.1) is 0 Å². The molecule has 1 heteroatoms. The van der Waals surface area contributed by atoms with Crippen LogP contribution in [0.2, 0.25) is 0 Å². The summed E-state index contributed by atoms with van der Waals surface area (Å²) in [6.07, 6.45) is 0. The molecule has 0 saturated carbocycles. The van der Waals surface area contributed by atoms with Crippen LogP contribution in [0.25, 0.3) is 97.7 Å². The van der Waals surface area contributed by atoms with Crippen molar-refractivity contribution in [1.82, 2.24) is 0 Å². The van der Waals surface area contributed by atoms with Gasteiger partial charge in [0.15, 0.2) is 0 Å². The van der Waals surface area contributed by atoms with E-state index in [-0.39, 0.29) is 0 Å². The van der Waals surface area contributed by atoms with E-state index < -0.39 is 0 Å². The van der Waals surface area contributed by atoms with E-state index in [0.717, 1.165) is 17.1 Å². The Kier molecular flexibility index (Phi) is 7.00. The van der Waals surface area contributed by atoms with Crippen LogP contribution < -0.4 is 4.90 Å². The third kappa shape index (κ3) is 5.03. The molecule has 0 aliphatic rings. The van der Waals surface area contributed by atoms with Gasteiger partial charge < -0.3 is 4.90 Å².